The fourth-order valence-electron chi connectivity index (χ4n) is 2.43. The first-order valence-corrected chi connectivity index (χ1v) is 7.93. The Kier molecular flexibility index (Phi) is 7.89. The van der Waals surface area contributed by atoms with Crippen LogP contribution in [0.5, 0.6) is 5.75 Å². The Hall–Kier alpha value is -2.51. The lowest BCUT2D eigenvalue weighted by molar-refractivity contribution is -0.437. The van der Waals surface area contributed by atoms with E-state index in [0.717, 1.165) is 12.1 Å². The van der Waals surface area contributed by atoms with Crippen molar-refractivity contribution in [2.45, 2.75) is 36.4 Å². The normalized spacial score (nSPS) is 19.7. The molecule has 1 aromatic carbocycles. The van der Waals surface area contributed by atoms with E-state index in [2.05, 4.69) is 5.73 Å². The number of hydrogen-bond acceptors (Lipinski definition) is 6. The number of aliphatic hydroxyl groups excluding tert-OH is 2. The molecule has 13 heteroatoms. The lowest BCUT2D eigenvalue weighted by Gasteiger charge is -2.36. The van der Waals surface area contributed by atoms with Crippen molar-refractivity contribution in [2.75, 3.05) is 13.3 Å². The van der Waals surface area contributed by atoms with Crippen LogP contribution in [0.3, 0.4) is 0 Å². The molecule has 1 aliphatic heterocycles. The molecule has 6 N–H and O–H groups in total. The summed E-state index contributed by atoms with van der Waals surface area (Å²) in [6.45, 7) is -2.21. The molecular formula is C16H18F5NO7. The molecule has 8 nitrogen and oxygen atoms in total. The van der Waals surface area contributed by atoms with Crippen molar-refractivity contribution in [2.24, 2.45) is 0 Å². The summed E-state index contributed by atoms with van der Waals surface area (Å²) in [5.74, 6) is -3.97. The van der Waals surface area contributed by atoms with Gasteiger partial charge in [-0.25, -0.2) is 13.6 Å². The van der Waals surface area contributed by atoms with E-state index in [0.29, 0.717) is 5.56 Å². The van der Waals surface area contributed by atoms with Crippen molar-refractivity contribution in [3.8, 4) is 5.75 Å². The van der Waals surface area contributed by atoms with Gasteiger partial charge in [0.2, 0.25) is 0 Å². The standard InChI is InChI=1S/C12H12F5NO.C4H6O6/c13-5-11(6-14)4-9(18)8-2-1-7(12(15,16)17)3-10(8)19-11;5-1(3(7)8)2(6)4(9)10/h1-3,9H,4-6,18H2;1-2,5-6H,(H,7,8)(H,9,10)/t9-;1-,2-/m10/s1. The smallest absolute Gasteiger partial charge is 0.416 e. The number of carbonyl (C=O) groups excluding carboxylic acids is 1. The molecule has 1 aromatic rings. The van der Waals surface area contributed by atoms with Gasteiger partial charge >= 0.3 is 12.1 Å². The van der Waals surface area contributed by atoms with Crippen molar-refractivity contribution >= 4 is 11.9 Å². The maximum absolute atomic E-state index is 12.9. The third kappa shape index (κ3) is 5.98. The highest BCUT2D eigenvalue weighted by molar-refractivity contribution is 5.82. The predicted octanol–water partition coefficient (Wildman–Crippen LogP) is -1.01. The van der Waals surface area contributed by atoms with E-state index in [-0.39, 0.29) is 12.2 Å². The quantitative estimate of drug-likeness (QED) is 0.436. The maximum atomic E-state index is 12.9. The molecule has 0 saturated carbocycles. The number of halogens is 5. The molecule has 29 heavy (non-hydrogen) atoms. The van der Waals surface area contributed by atoms with Crippen LogP contribution in [0.1, 0.15) is 23.6 Å². The summed E-state index contributed by atoms with van der Waals surface area (Å²) in [4.78, 5) is 19.4. The van der Waals surface area contributed by atoms with Crippen LogP contribution in [0, 0.1) is 0 Å². The zero-order valence-electron chi connectivity index (χ0n) is 14.7. The SMILES string of the molecule is O=C([O-])[C@@H](O)[C@H](O)C(=O)O.[NH3+][C@@H]1CC(CF)(CF)Oc2cc(C(F)(F)F)ccc21. The van der Waals surface area contributed by atoms with Crippen molar-refractivity contribution in [1.82, 2.24) is 0 Å². The van der Waals surface area contributed by atoms with Gasteiger partial charge in [0.15, 0.2) is 11.7 Å². The number of quaternary nitrogens is 1. The fourth-order valence-corrected chi connectivity index (χ4v) is 2.43. The highest BCUT2D eigenvalue weighted by Crippen LogP contribution is 2.41. The summed E-state index contributed by atoms with van der Waals surface area (Å²) in [6.07, 6.45) is -9.23. The number of benzene rings is 1. The van der Waals surface area contributed by atoms with Gasteiger partial charge in [-0.05, 0) is 18.2 Å². The number of carboxylic acids is 2. The number of alkyl halides is 5. The van der Waals surface area contributed by atoms with Gasteiger partial charge in [-0.2, -0.15) is 13.2 Å². The van der Waals surface area contributed by atoms with Crippen LogP contribution in [-0.2, 0) is 15.8 Å². The number of aliphatic carboxylic acids is 2. The highest BCUT2D eigenvalue weighted by atomic mass is 19.4. The van der Waals surface area contributed by atoms with Gasteiger partial charge in [0.25, 0.3) is 0 Å². The Morgan fingerprint density at radius 3 is 2.17 bits per heavy atom. The molecule has 0 radical (unpaired) electrons. The zero-order chi connectivity index (χ0) is 22.6. The number of carboxylic acid groups (broad SMARTS) is 2. The molecule has 1 heterocycles. The average Bonchev–Trinajstić information content (AvgIpc) is 2.65. The van der Waals surface area contributed by atoms with Crippen molar-refractivity contribution in [1.29, 1.82) is 0 Å². The maximum Gasteiger partial charge on any atom is 0.416 e. The minimum absolute atomic E-state index is 0.00162. The van der Waals surface area contributed by atoms with Crippen LogP contribution >= 0.6 is 0 Å². The van der Waals surface area contributed by atoms with E-state index in [4.69, 9.17) is 20.1 Å². The monoisotopic (exact) mass is 431 g/mol. The zero-order valence-corrected chi connectivity index (χ0v) is 14.7. The van der Waals surface area contributed by atoms with E-state index < -0.39 is 60.9 Å². The number of rotatable bonds is 5. The van der Waals surface area contributed by atoms with Gasteiger partial charge in [-0.15, -0.1) is 0 Å². The van der Waals surface area contributed by atoms with Crippen LogP contribution < -0.4 is 15.6 Å². The van der Waals surface area contributed by atoms with Crippen LogP contribution in [0.2, 0.25) is 0 Å². The van der Waals surface area contributed by atoms with Crippen LogP contribution in [0.25, 0.3) is 0 Å². The lowest BCUT2D eigenvalue weighted by atomic mass is 9.88. The first kappa shape index (κ1) is 24.5. The molecule has 0 aromatic heterocycles. The van der Waals surface area contributed by atoms with E-state index >= 15 is 0 Å². The van der Waals surface area contributed by atoms with Gasteiger partial charge < -0.3 is 35.7 Å². The second-order valence-electron chi connectivity index (χ2n) is 6.25. The number of ether oxygens (including phenoxy) is 1. The van der Waals surface area contributed by atoms with Gasteiger partial charge in [0, 0.05) is 6.42 Å². The summed E-state index contributed by atoms with van der Waals surface area (Å²) in [7, 11) is 0. The average molecular weight is 431 g/mol. The number of hydrogen-bond donors (Lipinski definition) is 4. The van der Waals surface area contributed by atoms with Crippen molar-refractivity contribution in [3.05, 3.63) is 29.3 Å². The molecular weight excluding hydrogens is 413 g/mol. The second-order valence-corrected chi connectivity index (χ2v) is 6.25. The van der Waals surface area contributed by atoms with Crippen LogP contribution in [0.15, 0.2) is 18.2 Å². The molecule has 164 valence electrons. The first-order valence-electron chi connectivity index (χ1n) is 7.93. The number of carbonyl (C=O) groups is 2. The third-order valence-electron chi connectivity index (χ3n) is 4.01. The van der Waals surface area contributed by atoms with Crippen molar-refractivity contribution < 1.29 is 62.4 Å². The van der Waals surface area contributed by atoms with E-state index in [1.165, 1.54) is 6.07 Å². The summed E-state index contributed by atoms with van der Waals surface area (Å²) in [5.41, 5.74) is 1.53. The molecule has 2 rings (SSSR count). The minimum Gasteiger partial charge on any atom is -0.547 e. The molecule has 1 aliphatic rings. The van der Waals surface area contributed by atoms with Gasteiger partial charge in [-0.3, -0.25) is 0 Å². The van der Waals surface area contributed by atoms with Crippen LogP contribution in [0.4, 0.5) is 22.0 Å². The summed E-state index contributed by atoms with van der Waals surface area (Å²) in [5, 5.41) is 34.1. The highest BCUT2D eigenvalue weighted by Gasteiger charge is 2.43. The fraction of sp³-hybridized carbons (Fsp3) is 0.500. The van der Waals surface area contributed by atoms with Crippen LogP contribution in [-0.4, -0.2) is 58.4 Å². The molecule has 0 unspecified atom stereocenters. The minimum atomic E-state index is -4.53. The topological polar surface area (TPSA) is 155 Å². The van der Waals surface area contributed by atoms with Gasteiger partial charge in [0.1, 0.15) is 31.2 Å². The summed E-state index contributed by atoms with van der Waals surface area (Å²) < 4.78 is 68.8. The van der Waals surface area contributed by atoms with Crippen molar-refractivity contribution in [3.63, 3.8) is 0 Å². The molecule has 3 atom stereocenters. The van der Waals surface area contributed by atoms with Gasteiger partial charge in [-0.1, -0.05) is 0 Å². The molecule has 0 amide bonds. The Morgan fingerprint density at radius 1 is 1.24 bits per heavy atom. The molecule has 0 fully saturated rings. The van der Waals surface area contributed by atoms with E-state index in [9.17, 15) is 36.6 Å². The summed E-state index contributed by atoms with van der Waals surface area (Å²) in [6, 6.07) is 2.43. The first-order chi connectivity index (χ1) is 13.3. The molecule has 0 bridgehead atoms. The predicted molar refractivity (Wildman–Crippen MR) is 81.7 cm³/mol. The number of aliphatic hydroxyl groups is 2. The Balaban J connectivity index is 0.000000359. The third-order valence-corrected chi connectivity index (χ3v) is 4.01. The molecule has 0 spiro atoms. The van der Waals surface area contributed by atoms with E-state index in [1.54, 1.807) is 0 Å². The lowest BCUT2D eigenvalue weighted by Crippen LogP contribution is -2.60. The Bertz CT molecular complexity index is 721. The molecule has 0 saturated heterocycles. The Morgan fingerprint density at radius 2 is 1.79 bits per heavy atom. The second kappa shape index (κ2) is 9.33. The Labute approximate surface area is 160 Å². The van der Waals surface area contributed by atoms with E-state index in [1.807, 2.05) is 0 Å². The molecule has 0 aliphatic carbocycles. The summed E-state index contributed by atoms with van der Waals surface area (Å²) >= 11 is 0. The van der Waals surface area contributed by atoms with Gasteiger partial charge in [0.05, 0.1) is 17.1 Å². The largest absolute Gasteiger partial charge is 0.547 e. The number of fused-ring (bicyclic) bond motifs is 1.